The summed E-state index contributed by atoms with van der Waals surface area (Å²) in [4.78, 5) is 41.0. The second-order valence-electron chi connectivity index (χ2n) is 7.84. The highest BCUT2D eigenvalue weighted by molar-refractivity contribution is 6.23. The molecule has 0 bridgehead atoms. The first-order valence-electron chi connectivity index (χ1n) is 10.4. The standard InChI is InChI=1S/C25H22N2O4/c1-2-31-25(30)22-20-19(23(28)27(24(20)29)16-11-4-3-5-12-16)21(26-22)18-14-8-10-15-9-6-7-13-17(15)18/h3-14,19-22,26H,2H2,1H3/t19-,20+,21-,22-/m0/s1. The van der Waals surface area contributed by atoms with Crippen LogP contribution in [0.3, 0.4) is 0 Å². The van der Waals surface area contributed by atoms with Crippen molar-refractivity contribution in [2.24, 2.45) is 11.8 Å². The van der Waals surface area contributed by atoms with Crippen molar-refractivity contribution >= 4 is 34.2 Å². The van der Waals surface area contributed by atoms with Gasteiger partial charge < -0.3 is 4.74 Å². The molecule has 2 heterocycles. The van der Waals surface area contributed by atoms with Gasteiger partial charge in [-0.1, -0.05) is 60.7 Å². The van der Waals surface area contributed by atoms with E-state index in [9.17, 15) is 14.4 Å². The molecule has 1 N–H and O–H groups in total. The van der Waals surface area contributed by atoms with Gasteiger partial charge in [0, 0.05) is 6.04 Å². The monoisotopic (exact) mass is 414 g/mol. The van der Waals surface area contributed by atoms with Crippen LogP contribution in [0.25, 0.3) is 10.8 Å². The lowest BCUT2D eigenvalue weighted by molar-refractivity contribution is -0.148. The number of anilines is 1. The fraction of sp³-hybridized carbons (Fsp3) is 0.240. The SMILES string of the molecule is CCOC(=O)[C@H]1N[C@@H](c2cccc3ccccc23)[C@H]2C(=O)N(c3ccccc3)C(=O)[C@H]21. The Kier molecular flexibility index (Phi) is 4.79. The largest absolute Gasteiger partial charge is 0.465 e. The van der Waals surface area contributed by atoms with Gasteiger partial charge in [-0.2, -0.15) is 0 Å². The molecule has 2 aliphatic heterocycles. The number of fused-ring (bicyclic) bond motifs is 2. The van der Waals surface area contributed by atoms with Gasteiger partial charge in [-0.25, -0.2) is 4.90 Å². The van der Waals surface area contributed by atoms with Crippen LogP contribution in [0.15, 0.2) is 72.8 Å². The molecule has 3 aromatic rings. The topological polar surface area (TPSA) is 75.7 Å². The lowest BCUT2D eigenvalue weighted by Crippen LogP contribution is -2.44. The third-order valence-corrected chi connectivity index (χ3v) is 6.19. The Morgan fingerprint density at radius 1 is 0.903 bits per heavy atom. The number of hydrogen-bond acceptors (Lipinski definition) is 5. The van der Waals surface area contributed by atoms with Gasteiger partial charge in [-0.15, -0.1) is 0 Å². The number of ether oxygens (including phenoxy) is 1. The van der Waals surface area contributed by atoms with Crippen molar-refractivity contribution in [3.63, 3.8) is 0 Å². The highest BCUT2D eigenvalue weighted by Crippen LogP contribution is 2.46. The van der Waals surface area contributed by atoms with E-state index in [1.165, 1.54) is 4.90 Å². The molecule has 4 atom stereocenters. The molecule has 5 rings (SSSR count). The zero-order valence-electron chi connectivity index (χ0n) is 17.0. The summed E-state index contributed by atoms with van der Waals surface area (Å²) in [5, 5.41) is 5.30. The number of para-hydroxylation sites is 1. The predicted octanol–water partition coefficient (Wildman–Crippen LogP) is 3.22. The molecule has 6 nitrogen and oxygen atoms in total. The highest BCUT2D eigenvalue weighted by Gasteiger charge is 2.61. The van der Waals surface area contributed by atoms with Crippen LogP contribution in [0.2, 0.25) is 0 Å². The molecule has 6 heteroatoms. The number of rotatable bonds is 4. The molecule has 31 heavy (non-hydrogen) atoms. The van der Waals surface area contributed by atoms with Crippen molar-refractivity contribution in [3.8, 4) is 0 Å². The summed E-state index contributed by atoms with van der Waals surface area (Å²) in [7, 11) is 0. The zero-order valence-corrected chi connectivity index (χ0v) is 17.0. The van der Waals surface area contributed by atoms with Gasteiger partial charge in [-0.05, 0) is 35.4 Å². The molecular weight excluding hydrogens is 392 g/mol. The molecule has 3 aromatic carbocycles. The molecule has 0 aromatic heterocycles. The molecule has 0 aliphatic carbocycles. The summed E-state index contributed by atoms with van der Waals surface area (Å²) in [6.07, 6.45) is 0. The van der Waals surface area contributed by atoms with E-state index in [1.54, 1.807) is 31.2 Å². The third-order valence-electron chi connectivity index (χ3n) is 6.19. The number of nitrogens with one attached hydrogen (secondary N) is 1. The van der Waals surface area contributed by atoms with Crippen LogP contribution < -0.4 is 10.2 Å². The van der Waals surface area contributed by atoms with E-state index in [-0.39, 0.29) is 18.4 Å². The Bertz CT molecular complexity index is 1170. The van der Waals surface area contributed by atoms with Crippen molar-refractivity contribution in [3.05, 3.63) is 78.4 Å². The van der Waals surface area contributed by atoms with Crippen LogP contribution >= 0.6 is 0 Å². The Labute approximate surface area is 179 Å². The van der Waals surface area contributed by atoms with Gasteiger partial charge in [0.25, 0.3) is 0 Å². The van der Waals surface area contributed by atoms with Crippen LogP contribution in [0.4, 0.5) is 5.69 Å². The normalized spacial score (nSPS) is 25.1. The van der Waals surface area contributed by atoms with E-state index >= 15 is 0 Å². The number of carbonyl (C=O) groups excluding carboxylic acids is 3. The van der Waals surface area contributed by atoms with Crippen molar-refractivity contribution < 1.29 is 19.1 Å². The molecular formula is C25H22N2O4. The fourth-order valence-corrected chi connectivity index (χ4v) is 4.90. The molecule has 0 unspecified atom stereocenters. The molecule has 0 saturated carbocycles. The Morgan fingerprint density at radius 3 is 2.35 bits per heavy atom. The molecule has 2 amide bonds. The number of carbonyl (C=O) groups is 3. The first-order valence-corrected chi connectivity index (χ1v) is 10.4. The van der Waals surface area contributed by atoms with Gasteiger partial charge in [0.2, 0.25) is 11.8 Å². The number of imide groups is 1. The van der Waals surface area contributed by atoms with Crippen molar-refractivity contribution in [2.45, 2.75) is 19.0 Å². The fourth-order valence-electron chi connectivity index (χ4n) is 4.90. The minimum absolute atomic E-state index is 0.206. The van der Waals surface area contributed by atoms with E-state index in [4.69, 9.17) is 4.74 Å². The summed E-state index contributed by atoms with van der Waals surface area (Å²) in [5.41, 5.74) is 1.42. The van der Waals surface area contributed by atoms with Gasteiger partial charge in [-0.3, -0.25) is 19.7 Å². The molecule has 2 fully saturated rings. The lowest BCUT2D eigenvalue weighted by Gasteiger charge is -2.23. The van der Waals surface area contributed by atoms with Gasteiger partial charge in [0.1, 0.15) is 6.04 Å². The van der Waals surface area contributed by atoms with Crippen LogP contribution in [0.1, 0.15) is 18.5 Å². The minimum Gasteiger partial charge on any atom is -0.465 e. The highest BCUT2D eigenvalue weighted by atomic mass is 16.5. The van der Waals surface area contributed by atoms with E-state index in [1.807, 2.05) is 48.5 Å². The Hall–Kier alpha value is -3.51. The molecule has 2 saturated heterocycles. The number of hydrogen-bond donors (Lipinski definition) is 1. The number of nitrogens with zero attached hydrogens (tertiary/aromatic N) is 1. The maximum atomic E-state index is 13.6. The second-order valence-corrected chi connectivity index (χ2v) is 7.84. The smallest absolute Gasteiger partial charge is 0.324 e. The summed E-state index contributed by atoms with van der Waals surface area (Å²) < 4.78 is 5.25. The first kappa shape index (κ1) is 19.5. The second kappa shape index (κ2) is 7.63. The number of benzene rings is 3. The Morgan fingerprint density at radius 2 is 1.58 bits per heavy atom. The van der Waals surface area contributed by atoms with E-state index in [2.05, 4.69) is 5.32 Å². The van der Waals surface area contributed by atoms with E-state index in [0.29, 0.717) is 5.69 Å². The maximum Gasteiger partial charge on any atom is 0.324 e. The van der Waals surface area contributed by atoms with Gasteiger partial charge in [0.15, 0.2) is 0 Å². The van der Waals surface area contributed by atoms with Crippen molar-refractivity contribution in [1.82, 2.24) is 5.32 Å². The zero-order chi connectivity index (χ0) is 21.5. The summed E-state index contributed by atoms with van der Waals surface area (Å²) >= 11 is 0. The van der Waals surface area contributed by atoms with Gasteiger partial charge in [0.05, 0.1) is 24.1 Å². The van der Waals surface area contributed by atoms with E-state index in [0.717, 1.165) is 16.3 Å². The third kappa shape index (κ3) is 3.02. The van der Waals surface area contributed by atoms with Crippen LogP contribution in [-0.4, -0.2) is 30.4 Å². The molecule has 0 radical (unpaired) electrons. The van der Waals surface area contributed by atoms with E-state index < -0.39 is 29.9 Å². The summed E-state index contributed by atoms with van der Waals surface area (Å²) in [6.45, 7) is 1.93. The minimum atomic E-state index is -0.876. The van der Waals surface area contributed by atoms with Gasteiger partial charge >= 0.3 is 5.97 Å². The summed E-state index contributed by atoms with van der Waals surface area (Å²) in [5.74, 6) is -2.66. The van der Waals surface area contributed by atoms with Crippen molar-refractivity contribution in [1.29, 1.82) is 0 Å². The number of esters is 1. The Balaban J connectivity index is 1.63. The lowest BCUT2D eigenvalue weighted by atomic mass is 9.85. The number of amides is 2. The van der Waals surface area contributed by atoms with Crippen LogP contribution in [0.5, 0.6) is 0 Å². The summed E-state index contributed by atoms with van der Waals surface area (Å²) in [6, 6.07) is 21.3. The molecule has 156 valence electrons. The molecule has 2 aliphatic rings. The maximum absolute atomic E-state index is 13.6. The van der Waals surface area contributed by atoms with Crippen LogP contribution in [0, 0.1) is 11.8 Å². The predicted molar refractivity (Wildman–Crippen MR) is 116 cm³/mol. The average molecular weight is 414 g/mol. The quantitative estimate of drug-likeness (QED) is 0.524. The van der Waals surface area contributed by atoms with Crippen LogP contribution in [-0.2, 0) is 19.1 Å². The van der Waals surface area contributed by atoms with Crippen molar-refractivity contribution in [2.75, 3.05) is 11.5 Å². The average Bonchev–Trinajstić information content (AvgIpc) is 3.31. The molecule has 0 spiro atoms. The first-order chi connectivity index (χ1) is 15.1.